The molecule has 0 radical (unpaired) electrons. The van der Waals surface area contributed by atoms with E-state index in [1.54, 1.807) is 0 Å². The second-order valence-electron chi connectivity index (χ2n) is 3.02. The third kappa shape index (κ3) is 1.07. The molecule has 1 aromatic rings. The minimum atomic E-state index is 0.938. The van der Waals surface area contributed by atoms with Crippen LogP contribution in [0.2, 0.25) is 0 Å². The van der Waals surface area contributed by atoms with Gasteiger partial charge in [-0.15, -0.1) is 0 Å². The van der Waals surface area contributed by atoms with Gasteiger partial charge in [0.1, 0.15) is 5.84 Å². The van der Waals surface area contributed by atoms with Gasteiger partial charge in [-0.2, -0.15) is 0 Å². The maximum absolute atomic E-state index is 4.41. The number of aliphatic imine (C=N–C) groups is 1. The average molecular weight is 161 g/mol. The zero-order valence-corrected chi connectivity index (χ0v) is 7.28. The lowest BCUT2D eigenvalue weighted by molar-refractivity contribution is 0.490. The number of rotatable bonds is 0. The van der Waals surface area contributed by atoms with Crippen molar-refractivity contribution in [2.45, 2.75) is 13.5 Å². The highest BCUT2D eigenvalue weighted by molar-refractivity contribution is 5.84. The van der Waals surface area contributed by atoms with E-state index >= 15 is 0 Å². The Morgan fingerprint density at radius 1 is 1.50 bits per heavy atom. The summed E-state index contributed by atoms with van der Waals surface area (Å²) in [5.74, 6) is 1.05. The van der Waals surface area contributed by atoms with Crippen molar-refractivity contribution in [2.75, 3.05) is 7.05 Å². The van der Waals surface area contributed by atoms with Crippen molar-refractivity contribution in [1.82, 2.24) is 9.88 Å². The highest BCUT2D eigenvalue weighted by Gasteiger charge is 2.11. The molecular weight excluding hydrogens is 150 g/mol. The maximum Gasteiger partial charge on any atom is 0.102 e. The Balaban J connectivity index is 2.49. The van der Waals surface area contributed by atoms with E-state index < -0.39 is 0 Å². The van der Waals surface area contributed by atoms with E-state index in [0.29, 0.717) is 0 Å². The molecule has 0 N–H and O–H groups in total. The van der Waals surface area contributed by atoms with Crippen molar-refractivity contribution in [3.63, 3.8) is 0 Å². The molecule has 0 aliphatic carbocycles. The predicted octanol–water partition coefficient (Wildman–Crippen LogP) is 1.58. The zero-order valence-electron chi connectivity index (χ0n) is 7.28. The normalized spacial score (nSPS) is 15.5. The topological polar surface area (TPSA) is 28.5 Å². The van der Waals surface area contributed by atoms with E-state index in [1.807, 2.05) is 32.4 Å². The molecule has 12 heavy (non-hydrogen) atoms. The van der Waals surface area contributed by atoms with Crippen LogP contribution in [0.4, 0.5) is 5.69 Å². The Kier molecular flexibility index (Phi) is 1.57. The largest absolute Gasteiger partial charge is 0.359 e. The highest BCUT2D eigenvalue weighted by Crippen LogP contribution is 2.23. The van der Waals surface area contributed by atoms with Gasteiger partial charge in [-0.3, -0.25) is 4.98 Å². The number of pyridine rings is 1. The molecule has 1 aromatic heterocycles. The summed E-state index contributed by atoms with van der Waals surface area (Å²) in [7, 11) is 2.04. The van der Waals surface area contributed by atoms with E-state index in [-0.39, 0.29) is 0 Å². The third-order valence-electron chi connectivity index (χ3n) is 2.13. The fourth-order valence-corrected chi connectivity index (χ4v) is 1.28. The van der Waals surface area contributed by atoms with Gasteiger partial charge in [0.2, 0.25) is 0 Å². The van der Waals surface area contributed by atoms with Gasteiger partial charge in [0, 0.05) is 25.4 Å². The second kappa shape index (κ2) is 2.59. The lowest BCUT2D eigenvalue weighted by atomic mass is 10.2. The van der Waals surface area contributed by atoms with E-state index in [0.717, 1.165) is 18.1 Å². The maximum atomic E-state index is 4.41. The van der Waals surface area contributed by atoms with Crippen LogP contribution < -0.4 is 0 Å². The SMILES string of the molecule is CC1=Nc2cnccc2CN1C. The number of nitrogens with zero attached hydrogens (tertiary/aromatic N) is 3. The molecule has 1 aliphatic rings. The zero-order chi connectivity index (χ0) is 8.55. The summed E-state index contributed by atoms with van der Waals surface area (Å²) in [6, 6.07) is 2.02. The summed E-state index contributed by atoms with van der Waals surface area (Å²) in [6.45, 7) is 2.95. The van der Waals surface area contributed by atoms with Gasteiger partial charge in [0.25, 0.3) is 0 Å². The van der Waals surface area contributed by atoms with Crippen molar-refractivity contribution in [1.29, 1.82) is 0 Å². The molecule has 1 aliphatic heterocycles. The minimum Gasteiger partial charge on any atom is -0.359 e. The Morgan fingerprint density at radius 3 is 3.17 bits per heavy atom. The smallest absolute Gasteiger partial charge is 0.102 e. The molecule has 0 saturated carbocycles. The molecule has 0 aromatic carbocycles. The Morgan fingerprint density at radius 2 is 2.33 bits per heavy atom. The standard InChI is InChI=1S/C9H11N3/c1-7-11-9-5-10-4-3-8(9)6-12(7)2/h3-5H,6H2,1-2H3. The first-order chi connectivity index (χ1) is 5.77. The number of amidine groups is 1. The summed E-state index contributed by atoms with van der Waals surface area (Å²) >= 11 is 0. The average Bonchev–Trinajstić information content (AvgIpc) is 2.07. The highest BCUT2D eigenvalue weighted by atomic mass is 15.2. The van der Waals surface area contributed by atoms with Crippen molar-refractivity contribution in [2.24, 2.45) is 4.99 Å². The van der Waals surface area contributed by atoms with E-state index in [1.165, 1.54) is 5.56 Å². The molecule has 0 atom stereocenters. The predicted molar refractivity (Wildman–Crippen MR) is 48.5 cm³/mol. The molecule has 2 rings (SSSR count). The van der Waals surface area contributed by atoms with Crippen LogP contribution in [0, 0.1) is 0 Å². The summed E-state index contributed by atoms with van der Waals surface area (Å²) in [4.78, 5) is 10.6. The van der Waals surface area contributed by atoms with Gasteiger partial charge >= 0.3 is 0 Å². The molecular formula is C9H11N3. The molecule has 0 amide bonds. The van der Waals surface area contributed by atoms with Crippen LogP contribution in [-0.4, -0.2) is 22.8 Å². The first-order valence-electron chi connectivity index (χ1n) is 3.96. The Labute approximate surface area is 71.8 Å². The van der Waals surface area contributed by atoms with Crippen LogP contribution in [0.3, 0.4) is 0 Å². The molecule has 3 heteroatoms. The van der Waals surface area contributed by atoms with Crippen LogP contribution in [0.25, 0.3) is 0 Å². The number of hydrogen-bond acceptors (Lipinski definition) is 3. The summed E-state index contributed by atoms with van der Waals surface area (Å²) < 4.78 is 0. The van der Waals surface area contributed by atoms with Gasteiger partial charge in [0.15, 0.2) is 0 Å². The quantitative estimate of drug-likeness (QED) is 0.578. The molecule has 0 spiro atoms. The fourth-order valence-electron chi connectivity index (χ4n) is 1.28. The summed E-state index contributed by atoms with van der Waals surface area (Å²) in [6.07, 6.45) is 3.62. The van der Waals surface area contributed by atoms with Crippen molar-refractivity contribution in [3.05, 3.63) is 24.0 Å². The monoisotopic (exact) mass is 161 g/mol. The Hall–Kier alpha value is -1.38. The molecule has 3 nitrogen and oxygen atoms in total. The van der Waals surface area contributed by atoms with Crippen LogP contribution in [0.1, 0.15) is 12.5 Å². The van der Waals surface area contributed by atoms with E-state index in [4.69, 9.17) is 0 Å². The first-order valence-corrected chi connectivity index (χ1v) is 3.96. The fraction of sp³-hybridized carbons (Fsp3) is 0.333. The van der Waals surface area contributed by atoms with Crippen LogP contribution in [-0.2, 0) is 6.54 Å². The molecule has 2 heterocycles. The number of hydrogen-bond donors (Lipinski definition) is 0. The van der Waals surface area contributed by atoms with Crippen molar-refractivity contribution in [3.8, 4) is 0 Å². The summed E-state index contributed by atoms with van der Waals surface area (Å²) in [5.41, 5.74) is 2.26. The van der Waals surface area contributed by atoms with Gasteiger partial charge in [-0.25, -0.2) is 4.99 Å². The van der Waals surface area contributed by atoms with E-state index in [9.17, 15) is 0 Å². The molecule has 0 saturated heterocycles. The lowest BCUT2D eigenvalue weighted by Crippen LogP contribution is -2.26. The third-order valence-corrected chi connectivity index (χ3v) is 2.13. The van der Waals surface area contributed by atoms with Gasteiger partial charge in [0.05, 0.1) is 11.9 Å². The molecule has 62 valence electrons. The van der Waals surface area contributed by atoms with Crippen LogP contribution >= 0.6 is 0 Å². The van der Waals surface area contributed by atoms with Crippen molar-refractivity contribution < 1.29 is 0 Å². The van der Waals surface area contributed by atoms with Gasteiger partial charge in [-0.05, 0) is 13.0 Å². The van der Waals surface area contributed by atoms with Crippen LogP contribution in [0.5, 0.6) is 0 Å². The first kappa shape index (κ1) is 7.28. The number of fused-ring (bicyclic) bond motifs is 1. The molecule has 0 unspecified atom stereocenters. The number of aromatic nitrogens is 1. The minimum absolute atomic E-state index is 0.938. The van der Waals surface area contributed by atoms with Crippen molar-refractivity contribution >= 4 is 11.5 Å². The Bertz CT molecular complexity index is 330. The lowest BCUT2D eigenvalue weighted by Gasteiger charge is -2.23. The van der Waals surface area contributed by atoms with Gasteiger partial charge in [-0.1, -0.05) is 0 Å². The second-order valence-corrected chi connectivity index (χ2v) is 3.02. The summed E-state index contributed by atoms with van der Waals surface area (Å²) in [5, 5.41) is 0. The van der Waals surface area contributed by atoms with E-state index in [2.05, 4.69) is 14.9 Å². The van der Waals surface area contributed by atoms with Gasteiger partial charge < -0.3 is 4.90 Å². The molecule has 0 fully saturated rings. The van der Waals surface area contributed by atoms with Crippen LogP contribution in [0.15, 0.2) is 23.5 Å². The molecule has 0 bridgehead atoms.